The van der Waals surface area contributed by atoms with Gasteiger partial charge in [-0.25, -0.2) is 8.42 Å². The molecule has 0 aliphatic carbocycles. The Labute approximate surface area is 117 Å². The number of piperidine rings is 1. The van der Waals surface area contributed by atoms with Crippen molar-refractivity contribution < 1.29 is 17.9 Å². The summed E-state index contributed by atoms with van der Waals surface area (Å²) in [7, 11) is -2.46. The van der Waals surface area contributed by atoms with Crippen LogP contribution in [0.4, 0.5) is 5.82 Å². The third-order valence-corrected chi connectivity index (χ3v) is 5.40. The number of methoxy groups -OCH3 is 1. The molecule has 2 heterocycles. The number of anilines is 1. The van der Waals surface area contributed by atoms with E-state index in [1.54, 1.807) is 0 Å². The number of nitrogens with one attached hydrogen (secondary N) is 1. The first-order valence-corrected chi connectivity index (χ1v) is 7.78. The van der Waals surface area contributed by atoms with E-state index in [1.165, 1.54) is 17.6 Å². The molecule has 0 radical (unpaired) electrons. The molecule has 0 spiro atoms. The summed E-state index contributed by atoms with van der Waals surface area (Å²) in [6.07, 6.45) is 3.51. The van der Waals surface area contributed by atoms with Crippen molar-refractivity contribution in [2.24, 2.45) is 0 Å². The average Bonchev–Trinajstić information content (AvgIpc) is 2.86. The van der Waals surface area contributed by atoms with Crippen LogP contribution in [-0.4, -0.2) is 48.6 Å². The Morgan fingerprint density at radius 1 is 1.60 bits per heavy atom. The third kappa shape index (κ3) is 2.78. The number of aromatic amines is 1. The Morgan fingerprint density at radius 3 is 2.95 bits per heavy atom. The predicted molar refractivity (Wildman–Crippen MR) is 71.2 cm³/mol. The molecule has 1 aliphatic heterocycles. The lowest BCUT2D eigenvalue weighted by Crippen LogP contribution is -2.44. The van der Waals surface area contributed by atoms with E-state index >= 15 is 0 Å². The van der Waals surface area contributed by atoms with Crippen molar-refractivity contribution in [1.82, 2.24) is 14.5 Å². The summed E-state index contributed by atoms with van der Waals surface area (Å²) < 4.78 is 31.1. The number of carbonyl (C=O) groups is 1. The van der Waals surface area contributed by atoms with Crippen molar-refractivity contribution in [3.63, 3.8) is 0 Å². The van der Waals surface area contributed by atoms with Crippen molar-refractivity contribution in [3.8, 4) is 0 Å². The molecule has 1 atom stereocenters. The maximum atomic E-state index is 12.6. The van der Waals surface area contributed by atoms with Gasteiger partial charge in [-0.1, -0.05) is 6.42 Å². The van der Waals surface area contributed by atoms with Crippen LogP contribution < -0.4 is 5.73 Å². The zero-order valence-corrected chi connectivity index (χ0v) is 12.0. The van der Waals surface area contributed by atoms with E-state index in [9.17, 15) is 13.2 Å². The van der Waals surface area contributed by atoms with Crippen molar-refractivity contribution in [3.05, 3.63) is 6.20 Å². The number of hydrogen-bond donors (Lipinski definition) is 2. The third-order valence-electron chi connectivity index (χ3n) is 3.42. The highest BCUT2D eigenvalue weighted by atomic mass is 32.2. The van der Waals surface area contributed by atoms with Gasteiger partial charge in [0.15, 0.2) is 0 Å². The molecule has 112 valence electrons. The highest BCUT2D eigenvalue weighted by Gasteiger charge is 2.36. The molecule has 20 heavy (non-hydrogen) atoms. The number of ether oxygens (including phenoxy) is 1. The van der Waals surface area contributed by atoms with Crippen molar-refractivity contribution >= 4 is 21.8 Å². The Bertz CT molecular complexity index is 583. The molecule has 1 saturated heterocycles. The first-order chi connectivity index (χ1) is 9.46. The van der Waals surface area contributed by atoms with Crippen LogP contribution in [0.15, 0.2) is 11.1 Å². The Balaban J connectivity index is 2.28. The van der Waals surface area contributed by atoms with Crippen molar-refractivity contribution in [1.29, 1.82) is 0 Å². The molecular formula is C11H18N4O4S. The van der Waals surface area contributed by atoms with Gasteiger partial charge in [0.2, 0.25) is 10.0 Å². The topological polar surface area (TPSA) is 118 Å². The quantitative estimate of drug-likeness (QED) is 0.761. The fourth-order valence-electron chi connectivity index (χ4n) is 2.39. The van der Waals surface area contributed by atoms with Gasteiger partial charge in [-0.3, -0.25) is 9.89 Å². The molecule has 0 aromatic carbocycles. The first-order valence-electron chi connectivity index (χ1n) is 6.34. The van der Waals surface area contributed by atoms with Crippen LogP contribution in [-0.2, 0) is 19.6 Å². The minimum Gasteiger partial charge on any atom is -0.469 e. The summed E-state index contributed by atoms with van der Waals surface area (Å²) in [6, 6.07) is -0.393. The number of carbonyl (C=O) groups excluding carboxylic acids is 1. The minimum atomic E-state index is -3.75. The summed E-state index contributed by atoms with van der Waals surface area (Å²) in [5, 5.41) is 6.05. The molecule has 8 nitrogen and oxygen atoms in total. The smallest absolute Gasteiger partial charge is 0.307 e. The molecule has 0 amide bonds. The second-order valence-corrected chi connectivity index (χ2v) is 6.55. The van der Waals surface area contributed by atoms with E-state index in [1.807, 2.05) is 0 Å². The van der Waals surface area contributed by atoms with Crippen LogP contribution in [0.3, 0.4) is 0 Å². The van der Waals surface area contributed by atoms with Gasteiger partial charge in [-0.15, -0.1) is 0 Å². The van der Waals surface area contributed by atoms with Crippen molar-refractivity contribution in [2.45, 2.75) is 36.6 Å². The maximum Gasteiger partial charge on any atom is 0.307 e. The number of H-pyrrole nitrogens is 1. The summed E-state index contributed by atoms with van der Waals surface area (Å²) >= 11 is 0. The molecule has 1 aromatic heterocycles. The Morgan fingerprint density at radius 2 is 2.35 bits per heavy atom. The number of nitrogen functional groups attached to an aromatic ring is 1. The SMILES string of the molecule is COC(=O)CC1CCCCN1S(=O)(=O)c1cn[nH]c1N. The zero-order chi connectivity index (χ0) is 14.8. The second-order valence-electron chi connectivity index (χ2n) is 4.69. The standard InChI is InChI=1S/C11H18N4O4S/c1-19-10(16)6-8-4-2-3-5-15(8)20(17,18)9-7-13-14-11(9)12/h7-8H,2-6H2,1H3,(H3,12,13,14). The van der Waals surface area contributed by atoms with Crippen molar-refractivity contribution in [2.75, 3.05) is 19.4 Å². The number of rotatable bonds is 4. The molecule has 9 heteroatoms. The number of nitrogens with two attached hydrogens (primary N) is 1. The number of nitrogens with zero attached hydrogens (tertiary/aromatic N) is 2. The number of esters is 1. The summed E-state index contributed by atoms with van der Waals surface area (Å²) in [4.78, 5) is 11.4. The molecule has 1 aromatic rings. The van der Waals surface area contributed by atoms with Gasteiger partial charge in [0.25, 0.3) is 0 Å². The van der Waals surface area contributed by atoms with Gasteiger partial charge >= 0.3 is 5.97 Å². The monoisotopic (exact) mass is 302 g/mol. The molecule has 1 fully saturated rings. The van der Waals surface area contributed by atoms with Gasteiger partial charge in [0, 0.05) is 12.6 Å². The van der Waals surface area contributed by atoms with Gasteiger partial charge < -0.3 is 10.5 Å². The number of sulfonamides is 1. The summed E-state index contributed by atoms with van der Waals surface area (Å²) in [5.41, 5.74) is 5.59. The van der Waals surface area contributed by atoms with Crippen LogP contribution in [0, 0.1) is 0 Å². The highest BCUT2D eigenvalue weighted by molar-refractivity contribution is 7.89. The lowest BCUT2D eigenvalue weighted by atomic mass is 10.0. The number of hydrogen-bond acceptors (Lipinski definition) is 6. The lowest BCUT2D eigenvalue weighted by Gasteiger charge is -2.33. The molecule has 2 rings (SSSR count). The van der Waals surface area contributed by atoms with Crippen LogP contribution in [0.1, 0.15) is 25.7 Å². The zero-order valence-electron chi connectivity index (χ0n) is 11.2. The normalized spacial score (nSPS) is 20.8. The van der Waals surface area contributed by atoms with E-state index in [4.69, 9.17) is 5.73 Å². The second kappa shape index (κ2) is 5.80. The van der Waals surface area contributed by atoms with Gasteiger partial charge in [0.05, 0.1) is 19.7 Å². The van der Waals surface area contributed by atoms with Crippen LogP contribution in [0.5, 0.6) is 0 Å². The van der Waals surface area contributed by atoms with Crippen LogP contribution in [0.25, 0.3) is 0 Å². The Kier molecular flexibility index (Phi) is 4.29. The van der Waals surface area contributed by atoms with Crippen LogP contribution in [0.2, 0.25) is 0 Å². The van der Waals surface area contributed by atoms with E-state index in [2.05, 4.69) is 14.9 Å². The van der Waals surface area contributed by atoms with E-state index in [0.717, 1.165) is 12.8 Å². The lowest BCUT2D eigenvalue weighted by molar-refractivity contribution is -0.141. The van der Waals surface area contributed by atoms with E-state index < -0.39 is 22.0 Å². The number of aromatic nitrogens is 2. The van der Waals surface area contributed by atoms with Gasteiger partial charge in [-0.2, -0.15) is 9.40 Å². The van der Waals surface area contributed by atoms with Crippen LogP contribution >= 0.6 is 0 Å². The van der Waals surface area contributed by atoms with Gasteiger partial charge in [0.1, 0.15) is 10.7 Å². The predicted octanol–water partition coefficient (Wildman–Crippen LogP) is 0.0982. The molecular weight excluding hydrogens is 284 g/mol. The molecule has 1 unspecified atom stereocenters. The summed E-state index contributed by atoms with van der Waals surface area (Å²) in [5.74, 6) is -0.412. The summed E-state index contributed by atoms with van der Waals surface area (Å²) in [6.45, 7) is 0.370. The molecule has 0 bridgehead atoms. The van der Waals surface area contributed by atoms with E-state index in [0.29, 0.717) is 13.0 Å². The largest absolute Gasteiger partial charge is 0.469 e. The first kappa shape index (κ1) is 14.8. The minimum absolute atomic E-state index is 0.00684. The molecule has 0 saturated carbocycles. The fourth-order valence-corrected chi connectivity index (χ4v) is 4.09. The maximum absolute atomic E-state index is 12.6. The Hall–Kier alpha value is -1.61. The highest BCUT2D eigenvalue weighted by Crippen LogP contribution is 2.28. The average molecular weight is 302 g/mol. The van der Waals surface area contributed by atoms with E-state index in [-0.39, 0.29) is 17.1 Å². The fraction of sp³-hybridized carbons (Fsp3) is 0.636. The van der Waals surface area contributed by atoms with Gasteiger partial charge in [-0.05, 0) is 12.8 Å². The molecule has 1 aliphatic rings. The molecule has 3 N–H and O–H groups in total.